The summed E-state index contributed by atoms with van der Waals surface area (Å²) < 4.78 is 9.97. The number of carbonyl (C=O) groups excluding carboxylic acids is 1. The lowest BCUT2D eigenvalue weighted by atomic mass is 10.1. The van der Waals surface area contributed by atoms with Crippen molar-refractivity contribution in [2.24, 2.45) is 0 Å². The third kappa shape index (κ3) is 5.31. The van der Waals surface area contributed by atoms with E-state index in [4.69, 9.17) is 21.1 Å². The van der Waals surface area contributed by atoms with Crippen LogP contribution in [0.25, 0.3) is 0 Å². The standard InChI is InChI=1S/C13H17ClO3/c1-10-3-4-11(13(14)7-10)8-12(15)9-17-6-5-16-2/h3-4,7H,5-6,8-9H2,1-2H3. The Morgan fingerprint density at radius 3 is 2.76 bits per heavy atom. The molecule has 0 aliphatic heterocycles. The van der Waals surface area contributed by atoms with Crippen LogP contribution in [0.3, 0.4) is 0 Å². The summed E-state index contributed by atoms with van der Waals surface area (Å²) in [5, 5.41) is 0.634. The average Bonchev–Trinajstić information content (AvgIpc) is 2.28. The van der Waals surface area contributed by atoms with Gasteiger partial charge in [0.1, 0.15) is 6.61 Å². The van der Waals surface area contributed by atoms with Crippen molar-refractivity contribution in [3.63, 3.8) is 0 Å². The van der Waals surface area contributed by atoms with E-state index < -0.39 is 0 Å². The summed E-state index contributed by atoms with van der Waals surface area (Å²) in [4.78, 5) is 11.6. The number of aryl methyl sites for hydroxylation is 1. The van der Waals surface area contributed by atoms with Crippen LogP contribution in [-0.2, 0) is 20.7 Å². The fourth-order valence-corrected chi connectivity index (χ4v) is 1.69. The quantitative estimate of drug-likeness (QED) is 0.703. The molecule has 0 saturated carbocycles. The van der Waals surface area contributed by atoms with Gasteiger partial charge in [-0.2, -0.15) is 0 Å². The highest BCUT2D eigenvalue weighted by atomic mass is 35.5. The number of ketones is 1. The van der Waals surface area contributed by atoms with Crippen LogP contribution >= 0.6 is 11.6 Å². The number of halogens is 1. The summed E-state index contributed by atoms with van der Waals surface area (Å²) in [6.45, 7) is 3.00. The van der Waals surface area contributed by atoms with Crippen molar-refractivity contribution < 1.29 is 14.3 Å². The van der Waals surface area contributed by atoms with E-state index in [0.29, 0.717) is 24.7 Å². The molecule has 0 heterocycles. The van der Waals surface area contributed by atoms with Crippen LogP contribution in [-0.4, -0.2) is 32.7 Å². The van der Waals surface area contributed by atoms with E-state index in [1.165, 1.54) is 0 Å². The van der Waals surface area contributed by atoms with Gasteiger partial charge in [-0.3, -0.25) is 4.79 Å². The molecule has 0 unspecified atom stereocenters. The molecule has 0 amide bonds. The minimum Gasteiger partial charge on any atom is -0.382 e. The van der Waals surface area contributed by atoms with Crippen molar-refractivity contribution in [2.75, 3.05) is 26.9 Å². The van der Waals surface area contributed by atoms with Crippen LogP contribution in [0.2, 0.25) is 5.02 Å². The van der Waals surface area contributed by atoms with Crippen molar-refractivity contribution in [1.82, 2.24) is 0 Å². The lowest BCUT2D eigenvalue weighted by Gasteiger charge is -2.05. The first-order valence-corrected chi connectivity index (χ1v) is 5.84. The zero-order valence-electron chi connectivity index (χ0n) is 10.2. The Morgan fingerprint density at radius 1 is 1.35 bits per heavy atom. The summed E-state index contributed by atoms with van der Waals surface area (Å²) in [6, 6.07) is 5.68. The molecule has 17 heavy (non-hydrogen) atoms. The number of methoxy groups -OCH3 is 1. The molecule has 0 saturated heterocycles. The fourth-order valence-electron chi connectivity index (χ4n) is 1.39. The Hall–Kier alpha value is -0.900. The topological polar surface area (TPSA) is 35.5 Å². The van der Waals surface area contributed by atoms with Gasteiger partial charge in [-0.25, -0.2) is 0 Å². The largest absolute Gasteiger partial charge is 0.382 e. The fraction of sp³-hybridized carbons (Fsp3) is 0.462. The first-order chi connectivity index (χ1) is 8.13. The predicted molar refractivity (Wildman–Crippen MR) is 67.6 cm³/mol. The highest BCUT2D eigenvalue weighted by molar-refractivity contribution is 6.31. The lowest BCUT2D eigenvalue weighted by Crippen LogP contribution is -2.14. The molecule has 0 aliphatic carbocycles. The molecule has 4 heteroatoms. The summed E-state index contributed by atoms with van der Waals surface area (Å²) in [5.74, 6) is 0.0202. The first-order valence-electron chi connectivity index (χ1n) is 5.47. The van der Waals surface area contributed by atoms with E-state index in [9.17, 15) is 4.79 Å². The van der Waals surface area contributed by atoms with Gasteiger partial charge >= 0.3 is 0 Å². The van der Waals surface area contributed by atoms with Crippen LogP contribution in [0.1, 0.15) is 11.1 Å². The number of hydrogen-bond donors (Lipinski definition) is 0. The molecule has 0 bridgehead atoms. The molecule has 1 rings (SSSR count). The number of benzene rings is 1. The number of hydrogen-bond acceptors (Lipinski definition) is 3. The molecule has 1 aromatic rings. The van der Waals surface area contributed by atoms with Crippen LogP contribution in [0.5, 0.6) is 0 Å². The van der Waals surface area contributed by atoms with Crippen molar-refractivity contribution in [3.8, 4) is 0 Å². The van der Waals surface area contributed by atoms with E-state index in [1.807, 2.05) is 25.1 Å². The minimum absolute atomic E-state index is 0.0202. The van der Waals surface area contributed by atoms with Crippen molar-refractivity contribution in [3.05, 3.63) is 34.3 Å². The summed E-state index contributed by atoms with van der Waals surface area (Å²) in [5.41, 5.74) is 1.93. The Kier molecular flexibility index (Phi) is 6.19. The maximum atomic E-state index is 11.6. The van der Waals surface area contributed by atoms with Crippen LogP contribution in [0.4, 0.5) is 0 Å². The van der Waals surface area contributed by atoms with Gasteiger partial charge in [-0.15, -0.1) is 0 Å². The summed E-state index contributed by atoms with van der Waals surface area (Å²) in [6.07, 6.45) is 0.312. The second-order valence-corrected chi connectivity index (χ2v) is 4.26. The maximum absolute atomic E-state index is 11.6. The molecule has 94 valence electrons. The number of carbonyl (C=O) groups is 1. The van der Waals surface area contributed by atoms with Crippen molar-refractivity contribution in [1.29, 1.82) is 0 Å². The Labute approximate surface area is 107 Å². The Bertz CT molecular complexity index is 377. The zero-order chi connectivity index (χ0) is 12.7. The molecule has 0 aromatic heterocycles. The summed E-state index contributed by atoms with van der Waals surface area (Å²) in [7, 11) is 1.59. The predicted octanol–water partition coefficient (Wildman–Crippen LogP) is 2.42. The SMILES string of the molecule is COCCOCC(=O)Cc1ccc(C)cc1Cl. The number of ether oxygens (including phenoxy) is 2. The van der Waals surface area contributed by atoms with Gasteiger partial charge in [0.2, 0.25) is 0 Å². The van der Waals surface area contributed by atoms with Crippen LogP contribution < -0.4 is 0 Å². The second kappa shape index (κ2) is 7.43. The van der Waals surface area contributed by atoms with Gasteiger partial charge in [-0.1, -0.05) is 23.7 Å². The monoisotopic (exact) mass is 256 g/mol. The molecular formula is C13H17ClO3. The second-order valence-electron chi connectivity index (χ2n) is 3.86. The number of Topliss-reactive ketones (excluding diaryl/α,β-unsaturated/α-hetero) is 1. The lowest BCUT2D eigenvalue weighted by molar-refractivity contribution is -0.123. The molecule has 0 N–H and O–H groups in total. The van der Waals surface area contributed by atoms with E-state index in [2.05, 4.69) is 0 Å². The van der Waals surface area contributed by atoms with Gasteiger partial charge in [0.15, 0.2) is 5.78 Å². The number of rotatable bonds is 7. The van der Waals surface area contributed by atoms with Gasteiger partial charge in [0.25, 0.3) is 0 Å². The van der Waals surface area contributed by atoms with Crippen molar-refractivity contribution in [2.45, 2.75) is 13.3 Å². The molecule has 0 aliphatic rings. The highest BCUT2D eigenvalue weighted by Gasteiger charge is 2.07. The normalized spacial score (nSPS) is 10.5. The maximum Gasteiger partial charge on any atom is 0.162 e. The molecular weight excluding hydrogens is 240 g/mol. The molecule has 0 atom stereocenters. The van der Waals surface area contributed by atoms with Gasteiger partial charge in [0, 0.05) is 18.6 Å². The van der Waals surface area contributed by atoms with Crippen LogP contribution in [0.15, 0.2) is 18.2 Å². The van der Waals surface area contributed by atoms with Gasteiger partial charge in [-0.05, 0) is 24.1 Å². The Morgan fingerprint density at radius 2 is 2.12 bits per heavy atom. The van der Waals surface area contributed by atoms with Crippen molar-refractivity contribution >= 4 is 17.4 Å². The average molecular weight is 257 g/mol. The summed E-state index contributed by atoms with van der Waals surface area (Å²) >= 11 is 6.04. The molecule has 3 nitrogen and oxygen atoms in total. The Balaban J connectivity index is 2.40. The van der Waals surface area contributed by atoms with E-state index in [0.717, 1.165) is 11.1 Å². The van der Waals surface area contributed by atoms with E-state index in [-0.39, 0.29) is 12.4 Å². The van der Waals surface area contributed by atoms with E-state index in [1.54, 1.807) is 7.11 Å². The zero-order valence-corrected chi connectivity index (χ0v) is 10.9. The van der Waals surface area contributed by atoms with Crippen LogP contribution in [0, 0.1) is 6.92 Å². The third-order valence-corrected chi connectivity index (χ3v) is 2.64. The van der Waals surface area contributed by atoms with Gasteiger partial charge < -0.3 is 9.47 Å². The smallest absolute Gasteiger partial charge is 0.162 e. The molecule has 0 radical (unpaired) electrons. The molecule has 0 fully saturated rings. The molecule has 1 aromatic carbocycles. The highest BCUT2D eigenvalue weighted by Crippen LogP contribution is 2.18. The minimum atomic E-state index is 0.0202. The van der Waals surface area contributed by atoms with Gasteiger partial charge in [0.05, 0.1) is 13.2 Å². The molecule has 0 spiro atoms. The third-order valence-electron chi connectivity index (χ3n) is 2.29. The first kappa shape index (κ1) is 14.2. The van der Waals surface area contributed by atoms with E-state index >= 15 is 0 Å².